The van der Waals surface area contributed by atoms with Gasteiger partial charge < -0.3 is 14.8 Å². The number of carbonyl (C=O) groups excluding carboxylic acids is 1. The molecule has 34 heavy (non-hydrogen) atoms. The summed E-state index contributed by atoms with van der Waals surface area (Å²) < 4.78 is 14.9. The van der Waals surface area contributed by atoms with E-state index in [-0.39, 0.29) is 23.8 Å². The standard InChI is InChI=1S/C25H23FN4O3S/c26-19-5-7-20(8-6-19)28-10-12-29(13-11-28)22(31)15-17-1-3-18(4-2-17)16-30-24(32)23-21(9-14-34-23)27-25(30)33/h1-9,14H,10-13,15-16H2,(H,27,33). The van der Waals surface area contributed by atoms with Crippen molar-refractivity contribution >= 4 is 33.1 Å². The number of aromatic amines is 1. The number of hydrogen-bond donors (Lipinski definition) is 1. The molecule has 1 aliphatic heterocycles. The van der Waals surface area contributed by atoms with Crippen LogP contribution < -0.4 is 16.1 Å². The van der Waals surface area contributed by atoms with Gasteiger partial charge in [-0.05, 0) is 46.8 Å². The predicted octanol–water partition coefficient (Wildman–Crippen LogP) is 2.83. The summed E-state index contributed by atoms with van der Waals surface area (Å²) in [4.78, 5) is 44.5. The molecule has 1 N–H and O–H groups in total. The number of hydrogen-bond acceptors (Lipinski definition) is 5. The van der Waals surface area contributed by atoms with Gasteiger partial charge in [-0.25, -0.2) is 9.18 Å². The van der Waals surface area contributed by atoms with E-state index >= 15 is 0 Å². The normalized spacial score (nSPS) is 14.0. The highest BCUT2D eigenvalue weighted by Crippen LogP contribution is 2.18. The smallest absolute Gasteiger partial charge is 0.329 e. The predicted molar refractivity (Wildman–Crippen MR) is 131 cm³/mol. The van der Waals surface area contributed by atoms with Crippen LogP contribution in [-0.4, -0.2) is 46.5 Å². The van der Waals surface area contributed by atoms with Gasteiger partial charge in [0.15, 0.2) is 0 Å². The van der Waals surface area contributed by atoms with Crippen LogP contribution in [0.2, 0.25) is 0 Å². The number of amides is 1. The lowest BCUT2D eigenvalue weighted by atomic mass is 10.1. The highest BCUT2D eigenvalue weighted by molar-refractivity contribution is 7.17. The topological polar surface area (TPSA) is 78.4 Å². The van der Waals surface area contributed by atoms with Crippen molar-refractivity contribution in [1.82, 2.24) is 14.5 Å². The molecule has 0 saturated carbocycles. The Morgan fingerprint density at radius 1 is 0.912 bits per heavy atom. The Balaban J connectivity index is 1.19. The van der Waals surface area contributed by atoms with Gasteiger partial charge in [-0.3, -0.25) is 14.2 Å². The average molecular weight is 479 g/mol. The molecule has 0 radical (unpaired) electrons. The molecule has 1 fully saturated rings. The molecule has 5 rings (SSSR count). The number of fused-ring (bicyclic) bond motifs is 1. The van der Waals surface area contributed by atoms with Crippen molar-refractivity contribution in [3.8, 4) is 0 Å². The Morgan fingerprint density at radius 2 is 1.59 bits per heavy atom. The van der Waals surface area contributed by atoms with Crippen LogP contribution in [0.15, 0.2) is 69.6 Å². The first-order chi connectivity index (χ1) is 16.5. The van der Waals surface area contributed by atoms with Crippen LogP contribution >= 0.6 is 11.3 Å². The number of H-pyrrole nitrogens is 1. The van der Waals surface area contributed by atoms with Gasteiger partial charge in [-0.1, -0.05) is 24.3 Å². The third kappa shape index (κ3) is 4.51. The largest absolute Gasteiger partial charge is 0.368 e. The maximum atomic E-state index is 13.1. The second kappa shape index (κ2) is 9.26. The Bertz CT molecular complexity index is 1430. The zero-order chi connectivity index (χ0) is 23.7. The molecule has 0 aliphatic carbocycles. The Hall–Kier alpha value is -3.72. The number of nitrogens with zero attached hydrogens (tertiary/aromatic N) is 3. The molecule has 1 aliphatic rings. The summed E-state index contributed by atoms with van der Waals surface area (Å²) in [6, 6.07) is 15.6. The minimum absolute atomic E-state index is 0.0577. The SMILES string of the molecule is O=C(Cc1ccc(Cn2c(=O)[nH]c3ccsc3c2=O)cc1)N1CCN(c2ccc(F)cc2)CC1. The van der Waals surface area contributed by atoms with Crippen LogP contribution in [0.25, 0.3) is 10.2 Å². The lowest BCUT2D eigenvalue weighted by molar-refractivity contribution is -0.130. The fraction of sp³-hybridized carbons (Fsp3) is 0.240. The number of halogens is 1. The van der Waals surface area contributed by atoms with Gasteiger partial charge in [0, 0.05) is 31.9 Å². The lowest BCUT2D eigenvalue weighted by Gasteiger charge is -2.36. The van der Waals surface area contributed by atoms with Crippen molar-refractivity contribution in [2.75, 3.05) is 31.1 Å². The summed E-state index contributed by atoms with van der Waals surface area (Å²) >= 11 is 1.31. The molecule has 0 bridgehead atoms. The monoisotopic (exact) mass is 478 g/mol. The van der Waals surface area contributed by atoms with E-state index < -0.39 is 5.69 Å². The van der Waals surface area contributed by atoms with Crippen LogP contribution in [0.5, 0.6) is 0 Å². The minimum Gasteiger partial charge on any atom is -0.368 e. The van der Waals surface area contributed by atoms with Gasteiger partial charge in [0.05, 0.1) is 18.5 Å². The van der Waals surface area contributed by atoms with Crippen molar-refractivity contribution < 1.29 is 9.18 Å². The van der Waals surface area contributed by atoms with Crippen molar-refractivity contribution in [2.24, 2.45) is 0 Å². The number of anilines is 1. The summed E-state index contributed by atoms with van der Waals surface area (Å²) in [6.45, 7) is 2.81. The van der Waals surface area contributed by atoms with Gasteiger partial charge in [-0.2, -0.15) is 0 Å². The Kier molecular flexibility index (Phi) is 6.02. The molecule has 0 atom stereocenters. The zero-order valence-corrected chi connectivity index (χ0v) is 19.2. The molecular formula is C25H23FN4O3S. The van der Waals surface area contributed by atoms with E-state index in [2.05, 4.69) is 9.88 Å². The average Bonchev–Trinajstić information content (AvgIpc) is 3.32. The van der Waals surface area contributed by atoms with Crippen LogP contribution in [0, 0.1) is 5.82 Å². The van der Waals surface area contributed by atoms with Gasteiger partial charge in [-0.15, -0.1) is 11.3 Å². The molecule has 174 valence electrons. The second-order valence-corrected chi connectivity index (χ2v) is 9.24. The summed E-state index contributed by atoms with van der Waals surface area (Å²) in [5.74, 6) is -0.201. The first kappa shape index (κ1) is 22.1. The van der Waals surface area contributed by atoms with E-state index in [4.69, 9.17) is 0 Å². The molecule has 9 heteroatoms. The van der Waals surface area contributed by atoms with Crippen molar-refractivity contribution in [3.63, 3.8) is 0 Å². The molecule has 2 aromatic carbocycles. The van der Waals surface area contributed by atoms with Gasteiger partial charge in [0.25, 0.3) is 5.56 Å². The van der Waals surface area contributed by atoms with Gasteiger partial charge in [0.1, 0.15) is 10.5 Å². The van der Waals surface area contributed by atoms with E-state index in [0.29, 0.717) is 42.8 Å². The van der Waals surface area contributed by atoms with Gasteiger partial charge >= 0.3 is 5.69 Å². The Labute approximate surface area is 198 Å². The van der Waals surface area contributed by atoms with Crippen LogP contribution in [0.3, 0.4) is 0 Å². The van der Waals surface area contributed by atoms with Crippen LogP contribution in [0.1, 0.15) is 11.1 Å². The Morgan fingerprint density at radius 3 is 2.29 bits per heavy atom. The summed E-state index contributed by atoms with van der Waals surface area (Å²) in [5, 5.41) is 1.78. The van der Waals surface area contributed by atoms with E-state index in [1.54, 1.807) is 23.6 Å². The van der Waals surface area contributed by atoms with Crippen molar-refractivity contribution in [2.45, 2.75) is 13.0 Å². The number of rotatable bonds is 5. The molecule has 3 heterocycles. The highest BCUT2D eigenvalue weighted by Gasteiger charge is 2.21. The molecule has 2 aromatic heterocycles. The molecule has 1 saturated heterocycles. The quantitative estimate of drug-likeness (QED) is 0.479. The minimum atomic E-state index is -0.435. The number of aromatic nitrogens is 2. The third-order valence-electron chi connectivity index (χ3n) is 6.13. The molecule has 0 spiro atoms. The molecule has 1 amide bonds. The molecular weight excluding hydrogens is 455 g/mol. The van der Waals surface area contributed by atoms with E-state index in [1.807, 2.05) is 29.2 Å². The number of benzene rings is 2. The fourth-order valence-electron chi connectivity index (χ4n) is 4.21. The number of carbonyl (C=O) groups is 1. The molecule has 4 aromatic rings. The van der Waals surface area contributed by atoms with E-state index in [1.165, 1.54) is 28.0 Å². The van der Waals surface area contributed by atoms with E-state index in [0.717, 1.165) is 16.8 Å². The second-order valence-electron chi connectivity index (χ2n) is 8.32. The van der Waals surface area contributed by atoms with Crippen LogP contribution in [0.4, 0.5) is 10.1 Å². The molecule has 7 nitrogen and oxygen atoms in total. The highest BCUT2D eigenvalue weighted by atomic mass is 32.1. The lowest BCUT2D eigenvalue weighted by Crippen LogP contribution is -2.49. The summed E-state index contributed by atoms with van der Waals surface area (Å²) in [6.07, 6.45) is 0.290. The number of thiophene rings is 1. The number of nitrogens with one attached hydrogen (secondary N) is 1. The zero-order valence-electron chi connectivity index (χ0n) is 18.4. The van der Waals surface area contributed by atoms with Crippen LogP contribution in [-0.2, 0) is 17.8 Å². The first-order valence-electron chi connectivity index (χ1n) is 11.0. The first-order valence-corrected chi connectivity index (χ1v) is 11.9. The fourth-order valence-corrected chi connectivity index (χ4v) is 5.01. The van der Waals surface area contributed by atoms with E-state index in [9.17, 15) is 18.8 Å². The number of piperazine rings is 1. The summed E-state index contributed by atoms with van der Waals surface area (Å²) in [5.41, 5.74) is 2.48. The molecule has 0 unspecified atom stereocenters. The summed E-state index contributed by atoms with van der Waals surface area (Å²) in [7, 11) is 0. The van der Waals surface area contributed by atoms with Crippen molar-refractivity contribution in [3.05, 3.63) is 97.8 Å². The third-order valence-corrected chi connectivity index (χ3v) is 7.04. The van der Waals surface area contributed by atoms with Crippen molar-refractivity contribution in [1.29, 1.82) is 0 Å². The maximum absolute atomic E-state index is 13.1. The van der Waals surface area contributed by atoms with Gasteiger partial charge in [0.2, 0.25) is 5.91 Å². The maximum Gasteiger partial charge on any atom is 0.329 e.